The van der Waals surface area contributed by atoms with Gasteiger partial charge in [-0.1, -0.05) is 0 Å². The van der Waals surface area contributed by atoms with Crippen LogP contribution in [0.15, 0.2) is 18.2 Å². The van der Waals surface area contributed by atoms with Gasteiger partial charge in [-0.2, -0.15) is 0 Å². The van der Waals surface area contributed by atoms with Crippen molar-refractivity contribution < 1.29 is 8.78 Å². The zero-order chi connectivity index (χ0) is 6.85. The summed E-state index contributed by atoms with van der Waals surface area (Å²) < 4.78 is 24.5. The van der Waals surface area contributed by atoms with E-state index in [2.05, 4.69) is 0 Å². The van der Waals surface area contributed by atoms with Crippen molar-refractivity contribution in [3.63, 3.8) is 0 Å². The quantitative estimate of drug-likeness (QED) is 0.616. The molecule has 0 saturated carbocycles. The van der Waals surface area contributed by atoms with Crippen LogP contribution < -0.4 is 0 Å². The largest absolute Gasteiger partial charge is 0.207 e. The molecule has 0 fully saturated rings. The van der Waals surface area contributed by atoms with Crippen molar-refractivity contribution in [2.75, 3.05) is 0 Å². The Balaban J connectivity index is 0.000000810. The summed E-state index contributed by atoms with van der Waals surface area (Å²) in [5.41, 5.74) is 0.343. The van der Waals surface area contributed by atoms with Gasteiger partial charge in [0.05, 0.1) is 0 Å². The maximum Gasteiger partial charge on any atom is 0.126 e. The van der Waals surface area contributed by atoms with Gasteiger partial charge in [0.15, 0.2) is 0 Å². The summed E-state index contributed by atoms with van der Waals surface area (Å²) in [5, 5.41) is 0. The Morgan fingerprint density at radius 2 is 1.80 bits per heavy atom. The SMILES string of the molecule is Br.Cc1cc(F)ccc1F. The lowest BCUT2D eigenvalue weighted by atomic mass is 10.2. The number of aryl methyl sites for hydroxylation is 1. The Morgan fingerprint density at radius 3 is 2.20 bits per heavy atom. The fourth-order valence-electron chi connectivity index (χ4n) is 0.608. The summed E-state index contributed by atoms with van der Waals surface area (Å²) in [6.45, 7) is 1.53. The van der Waals surface area contributed by atoms with Crippen molar-refractivity contribution in [1.29, 1.82) is 0 Å². The monoisotopic (exact) mass is 208 g/mol. The van der Waals surface area contributed by atoms with Gasteiger partial charge in [0.25, 0.3) is 0 Å². The lowest BCUT2D eigenvalue weighted by Gasteiger charge is -1.92. The second kappa shape index (κ2) is 3.66. The van der Waals surface area contributed by atoms with E-state index in [0.717, 1.165) is 18.2 Å². The summed E-state index contributed by atoms with van der Waals surface area (Å²) in [6.07, 6.45) is 0. The Morgan fingerprint density at radius 1 is 1.20 bits per heavy atom. The van der Waals surface area contributed by atoms with Gasteiger partial charge < -0.3 is 0 Å². The van der Waals surface area contributed by atoms with Crippen LogP contribution in [0.3, 0.4) is 0 Å². The molecule has 0 aromatic heterocycles. The van der Waals surface area contributed by atoms with Crippen LogP contribution in [0.2, 0.25) is 0 Å². The van der Waals surface area contributed by atoms with E-state index in [9.17, 15) is 8.78 Å². The predicted octanol–water partition coefficient (Wildman–Crippen LogP) is 2.85. The molecule has 0 amide bonds. The first-order valence-corrected chi connectivity index (χ1v) is 2.62. The van der Waals surface area contributed by atoms with Gasteiger partial charge in [-0.15, -0.1) is 17.0 Å². The van der Waals surface area contributed by atoms with Crippen molar-refractivity contribution in [2.45, 2.75) is 6.92 Å². The molecule has 56 valence electrons. The third kappa shape index (κ3) is 2.06. The Labute approximate surface area is 68.6 Å². The third-order valence-electron chi connectivity index (χ3n) is 1.12. The lowest BCUT2D eigenvalue weighted by Crippen LogP contribution is -1.81. The van der Waals surface area contributed by atoms with Gasteiger partial charge in [0, 0.05) is 0 Å². The molecule has 0 radical (unpaired) electrons. The zero-order valence-corrected chi connectivity index (χ0v) is 7.11. The van der Waals surface area contributed by atoms with E-state index in [1.54, 1.807) is 0 Å². The molecule has 0 aliphatic heterocycles. The summed E-state index contributed by atoms with van der Waals surface area (Å²) in [5.74, 6) is -0.759. The molecule has 1 aromatic rings. The highest BCUT2D eigenvalue weighted by Crippen LogP contribution is 2.06. The van der Waals surface area contributed by atoms with Crippen LogP contribution in [0.25, 0.3) is 0 Å². The molecule has 0 spiro atoms. The van der Waals surface area contributed by atoms with E-state index in [0.29, 0.717) is 5.56 Å². The smallest absolute Gasteiger partial charge is 0.126 e. The summed E-state index contributed by atoms with van der Waals surface area (Å²) in [4.78, 5) is 0. The standard InChI is InChI=1S/C7H6F2.BrH/c1-5-4-6(8)2-3-7(5)9;/h2-4H,1H3;1H. The van der Waals surface area contributed by atoms with Gasteiger partial charge in [0.1, 0.15) is 11.6 Å². The van der Waals surface area contributed by atoms with Gasteiger partial charge in [0.2, 0.25) is 0 Å². The lowest BCUT2D eigenvalue weighted by molar-refractivity contribution is 0.592. The van der Waals surface area contributed by atoms with E-state index >= 15 is 0 Å². The van der Waals surface area contributed by atoms with E-state index in [1.165, 1.54) is 6.92 Å². The van der Waals surface area contributed by atoms with E-state index in [4.69, 9.17) is 0 Å². The molecular weight excluding hydrogens is 202 g/mol. The minimum Gasteiger partial charge on any atom is -0.207 e. The van der Waals surface area contributed by atoms with Gasteiger partial charge in [-0.3, -0.25) is 0 Å². The van der Waals surface area contributed by atoms with Crippen LogP contribution >= 0.6 is 17.0 Å². The Kier molecular flexibility index (Phi) is 3.50. The molecule has 0 heterocycles. The normalized spacial score (nSPS) is 8.70. The average molecular weight is 209 g/mol. The predicted molar refractivity (Wildman–Crippen MR) is 41.4 cm³/mol. The van der Waals surface area contributed by atoms with Crippen LogP contribution in [-0.2, 0) is 0 Å². The van der Waals surface area contributed by atoms with Gasteiger partial charge in [-0.25, -0.2) is 8.78 Å². The molecule has 0 bridgehead atoms. The number of benzene rings is 1. The average Bonchev–Trinajstić information content (AvgIpc) is 1.80. The van der Waals surface area contributed by atoms with Crippen molar-refractivity contribution in [2.24, 2.45) is 0 Å². The number of rotatable bonds is 0. The summed E-state index contributed by atoms with van der Waals surface area (Å²) in [6, 6.07) is 3.38. The summed E-state index contributed by atoms with van der Waals surface area (Å²) in [7, 11) is 0. The van der Waals surface area contributed by atoms with Crippen molar-refractivity contribution in [3.8, 4) is 0 Å². The molecule has 1 rings (SSSR count). The third-order valence-corrected chi connectivity index (χ3v) is 1.12. The number of hydrogen-bond acceptors (Lipinski definition) is 0. The molecular formula is C7H7BrF2. The molecule has 1 aromatic carbocycles. The van der Waals surface area contributed by atoms with Crippen molar-refractivity contribution in [1.82, 2.24) is 0 Å². The first-order valence-electron chi connectivity index (χ1n) is 2.62. The molecule has 0 aliphatic carbocycles. The van der Waals surface area contributed by atoms with Crippen LogP contribution in [0.5, 0.6) is 0 Å². The van der Waals surface area contributed by atoms with E-state index in [1.807, 2.05) is 0 Å². The topological polar surface area (TPSA) is 0 Å². The second-order valence-corrected chi connectivity index (χ2v) is 1.89. The number of hydrogen-bond donors (Lipinski definition) is 0. The molecule has 0 atom stereocenters. The minimum atomic E-state index is -0.395. The highest BCUT2D eigenvalue weighted by Gasteiger charge is 1.95. The maximum absolute atomic E-state index is 12.3. The van der Waals surface area contributed by atoms with Gasteiger partial charge in [-0.05, 0) is 30.7 Å². The zero-order valence-electron chi connectivity index (χ0n) is 5.40. The highest BCUT2D eigenvalue weighted by molar-refractivity contribution is 8.93. The van der Waals surface area contributed by atoms with E-state index < -0.39 is 5.82 Å². The first kappa shape index (κ1) is 9.56. The van der Waals surface area contributed by atoms with Crippen LogP contribution in [0.4, 0.5) is 8.78 Å². The highest BCUT2D eigenvalue weighted by atomic mass is 79.9. The molecule has 3 heteroatoms. The number of halogens is 3. The molecule has 0 nitrogen and oxygen atoms in total. The first-order chi connectivity index (χ1) is 4.20. The van der Waals surface area contributed by atoms with Crippen molar-refractivity contribution >= 4 is 17.0 Å². The molecule has 0 aliphatic rings. The molecule has 0 N–H and O–H groups in total. The Hall–Kier alpha value is -0.440. The maximum atomic E-state index is 12.3. The van der Waals surface area contributed by atoms with Gasteiger partial charge >= 0.3 is 0 Å². The van der Waals surface area contributed by atoms with Crippen LogP contribution in [0.1, 0.15) is 5.56 Å². The van der Waals surface area contributed by atoms with Crippen molar-refractivity contribution in [3.05, 3.63) is 35.4 Å². The molecule has 10 heavy (non-hydrogen) atoms. The minimum absolute atomic E-state index is 0. The summed E-state index contributed by atoms with van der Waals surface area (Å²) >= 11 is 0. The van der Waals surface area contributed by atoms with Crippen LogP contribution in [0, 0.1) is 18.6 Å². The fourth-order valence-corrected chi connectivity index (χ4v) is 0.608. The van der Waals surface area contributed by atoms with Crippen LogP contribution in [-0.4, -0.2) is 0 Å². The fraction of sp³-hybridized carbons (Fsp3) is 0.143. The second-order valence-electron chi connectivity index (χ2n) is 1.89. The molecule has 0 unspecified atom stereocenters. The molecule has 0 saturated heterocycles. The van der Waals surface area contributed by atoms with E-state index in [-0.39, 0.29) is 22.8 Å². The Bertz CT molecular complexity index is 223.